The first-order valence-electron chi connectivity index (χ1n) is 7.61. The van der Waals surface area contributed by atoms with E-state index in [4.69, 9.17) is 0 Å². The summed E-state index contributed by atoms with van der Waals surface area (Å²) in [6.45, 7) is 3.22. The van der Waals surface area contributed by atoms with Crippen LogP contribution in [0.5, 0.6) is 0 Å². The van der Waals surface area contributed by atoms with E-state index in [2.05, 4.69) is 10.4 Å². The van der Waals surface area contributed by atoms with Crippen molar-refractivity contribution in [2.24, 2.45) is 0 Å². The molecule has 1 aromatic heterocycles. The van der Waals surface area contributed by atoms with E-state index in [1.807, 2.05) is 61.5 Å². The molecule has 0 saturated heterocycles. The highest BCUT2D eigenvalue weighted by Gasteiger charge is 2.09. The van der Waals surface area contributed by atoms with Gasteiger partial charge >= 0.3 is 0 Å². The van der Waals surface area contributed by atoms with Crippen molar-refractivity contribution in [2.75, 3.05) is 0 Å². The molecular formula is C19H19N3O. The molecular weight excluding hydrogens is 286 g/mol. The number of carbonyl (C=O) groups excluding carboxylic acids is 1. The fourth-order valence-electron chi connectivity index (χ4n) is 2.42. The molecule has 0 radical (unpaired) electrons. The molecule has 0 bridgehead atoms. The molecule has 0 aliphatic carbocycles. The number of aromatic nitrogens is 2. The molecule has 116 valence electrons. The summed E-state index contributed by atoms with van der Waals surface area (Å²) in [5, 5.41) is 7.20. The number of benzene rings is 2. The zero-order valence-corrected chi connectivity index (χ0v) is 13.1. The van der Waals surface area contributed by atoms with Crippen LogP contribution in [0.4, 0.5) is 0 Å². The Kier molecular flexibility index (Phi) is 4.52. The van der Waals surface area contributed by atoms with Crippen molar-refractivity contribution in [3.05, 3.63) is 89.2 Å². The number of amides is 1. The van der Waals surface area contributed by atoms with Gasteiger partial charge in [-0.3, -0.25) is 9.48 Å². The lowest BCUT2D eigenvalue weighted by atomic mass is 10.1. The van der Waals surface area contributed by atoms with Gasteiger partial charge in [-0.25, -0.2) is 0 Å². The van der Waals surface area contributed by atoms with E-state index >= 15 is 0 Å². The van der Waals surface area contributed by atoms with Gasteiger partial charge in [0.05, 0.1) is 18.3 Å². The topological polar surface area (TPSA) is 46.9 Å². The smallest absolute Gasteiger partial charge is 0.254 e. The molecule has 0 aliphatic heterocycles. The maximum absolute atomic E-state index is 12.2. The highest BCUT2D eigenvalue weighted by atomic mass is 16.1. The van der Waals surface area contributed by atoms with E-state index < -0.39 is 0 Å². The van der Waals surface area contributed by atoms with Crippen LogP contribution in [-0.2, 0) is 13.1 Å². The van der Waals surface area contributed by atoms with Gasteiger partial charge in [0.15, 0.2) is 0 Å². The Morgan fingerprint density at radius 2 is 1.83 bits per heavy atom. The molecule has 0 unspecified atom stereocenters. The molecule has 3 aromatic rings. The van der Waals surface area contributed by atoms with Crippen molar-refractivity contribution in [2.45, 2.75) is 20.0 Å². The van der Waals surface area contributed by atoms with Crippen molar-refractivity contribution in [1.29, 1.82) is 0 Å². The van der Waals surface area contributed by atoms with Gasteiger partial charge < -0.3 is 5.32 Å². The number of rotatable bonds is 5. The molecule has 1 amide bonds. The van der Waals surface area contributed by atoms with E-state index in [0.29, 0.717) is 18.7 Å². The minimum atomic E-state index is -0.104. The molecule has 23 heavy (non-hydrogen) atoms. The van der Waals surface area contributed by atoms with Crippen LogP contribution in [0.1, 0.15) is 27.0 Å². The lowest BCUT2D eigenvalue weighted by molar-refractivity contribution is 0.0951. The lowest BCUT2D eigenvalue weighted by Gasteiger charge is -2.06. The number of carbonyl (C=O) groups is 1. The molecule has 3 rings (SSSR count). The second-order valence-electron chi connectivity index (χ2n) is 5.52. The van der Waals surface area contributed by atoms with E-state index in [0.717, 1.165) is 11.1 Å². The van der Waals surface area contributed by atoms with E-state index in [1.54, 1.807) is 17.1 Å². The minimum Gasteiger partial charge on any atom is -0.348 e. The van der Waals surface area contributed by atoms with Crippen LogP contribution in [0.3, 0.4) is 0 Å². The predicted octanol–water partition coefficient (Wildman–Crippen LogP) is 3.17. The Labute approximate surface area is 135 Å². The Morgan fingerprint density at radius 3 is 2.61 bits per heavy atom. The van der Waals surface area contributed by atoms with E-state index in [-0.39, 0.29) is 5.91 Å². The zero-order valence-electron chi connectivity index (χ0n) is 13.1. The number of hydrogen-bond acceptors (Lipinski definition) is 2. The number of nitrogens with zero attached hydrogens (tertiary/aromatic N) is 2. The third-order valence-corrected chi connectivity index (χ3v) is 3.78. The van der Waals surface area contributed by atoms with Crippen LogP contribution in [0.25, 0.3) is 0 Å². The first-order valence-corrected chi connectivity index (χ1v) is 7.61. The van der Waals surface area contributed by atoms with Crippen LogP contribution in [-0.4, -0.2) is 15.7 Å². The molecule has 0 aliphatic rings. The summed E-state index contributed by atoms with van der Waals surface area (Å²) < 4.78 is 1.78. The first-order chi connectivity index (χ1) is 11.2. The van der Waals surface area contributed by atoms with Crippen molar-refractivity contribution >= 4 is 5.91 Å². The van der Waals surface area contributed by atoms with Crippen molar-refractivity contribution < 1.29 is 4.79 Å². The summed E-state index contributed by atoms with van der Waals surface area (Å²) in [6, 6.07) is 18.1. The lowest BCUT2D eigenvalue weighted by Crippen LogP contribution is -2.22. The maximum atomic E-state index is 12.2. The van der Waals surface area contributed by atoms with Gasteiger partial charge in [0.25, 0.3) is 5.91 Å². The maximum Gasteiger partial charge on any atom is 0.254 e. The highest BCUT2D eigenvalue weighted by molar-refractivity contribution is 5.93. The van der Waals surface area contributed by atoms with Crippen LogP contribution in [0.2, 0.25) is 0 Å². The number of hydrogen-bond donors (Lipinski definition) is 1. The SMILES string of the molecule is Cc1ccccc1CNC(=O)c1cnn(Cc2ccccc2)c1. The van der Waals surface area contributed by atoms with Gasteiger partial charge in [-0.05, 0) is 23.6 Å². The van der Waals surface area contributed by atoms with Gasteiger partial charge in [-0.15, -0.1) is 0 Å². The standard InChI is InChI=1S/C19H19N3O/c1-15-7-5-6-10-17(15)11-20-19(23)18-12-21-22(14-18)13-16-8-3-2-4-9-16/h2-10,12,14H,11,13H2,1H3,(H,20,23). The molecule has 0 saturated carbocycles. The summed E-state index contributed by atoms with van der Waals surface area (Å²) in [6.07, 6.45) is 3.39. The van der Waals surface area contributed by atoms with E-state index in [1.165, 1.54) is 5.56 Å². The summed E-state index contributed by atoms with van der Waals surface area (Å²) in [4.78, 5) is 12.2. The monoisotopic (exact) mass is 305 g/mol. The van der Waals surface area contributed by atoms with Gasteiger partial charge in [0.1, 0.15) is 0 Å². The number of nitrogens with one attached hydrogen (secondary N) is 1. The number of aryl methyl sites for hydroxylation is 1. The molecule has 4 nitrogen and oxygen atoms in total. The summed E-state index contributed by atoms with van der Waals surface area (Å²) in [7, 11) is 0. The fourth-order valence-corrected chi connectivity index (χ4v) is 2.42. The minimum absolute atomic E-state index is 0.104. The third kappa shape index (κ3) is 3.86. The van der Waals surface area contributed by atoms with Crippen LogP contribution >= 0.6 is 0 Å². The van der Waals surface area contributed by atoms with Crippen LogP contribution in [0.15, 0.2) is 67.0 Å². The van der Waals surface area contributed by atoms with Crippen molar-refractivity contribution in [3.63, 3.8) is 0 Å². The van der Waals surface area contributed by atoms with Gasteiger partial charge in [0.2, 0.25) is 0 Å². The summed E-state index contributed by atoms with van der Waals surface area (Å²) in [5.41, 5.74) is 4.03. The molecule has 0 spiro atoms. The highest BCUT2D eigenvalue weighted by Crippen LogP contribution is 2.08. The van der Waals surface area contributed by atoms with Gasteiger partial charge in [-0.2, -0.15) is 5.10 Å². The van der Waals surface area contributed by atoms with Gasteiger partial charge in [0, 0.05) is 12.7 Å². The molecule has 0 atom stereocenters. The first kappa shape index (κ1) is 15.0. The summed E-state index contributed by atoms with van der Waals surface area (Å²) in [5.74, 6) is -0.104. The Bertz CT molecular complexity index is 793. The third-order valence-electron chi connectivity index (χ3n) is 3.78. The van der Waals surface area contributed by atoms with Crippen molar-refractivity contribution in [3.8, 4) is 0 Å². The summed E-state index contributed by atoms with van der Waals surface area (Å²) >= 11 is 0. The molecule has 2 aromatic carbocycles. The Morgan fingerprint density at radius 1 is 1.09 bits per heavy atom. The molecule has 4 heteroatoms. The van der Waals surface area contributed by atoms with E-state index in [9.17, 15) is 4.79 Å². The zero-order chi connectivity index (χ0) is 16.1. The predicted molar refractivity (Wildman–Crippen MR) is 90.1 cm³/mol. The van der Waals surface area contributed by atoms with Crippen molar-refractivity contribution in [1.82, 2.24) is 15.1 Å². The average Bonchev–Trinajstić information content (AvgIpc) is 3.03. The second-order valence-corrected chi connectivity index (χ2v) is 5.52. The quantitative estimate of drug-likeness (QED) is 0.787. The van der Waals surface area contributed by atoms with Crippen LogP contribution in [0, 0.1) is 6.92 Å². The Hall–Kier alpha value is -2.88. The molecule has 0 fully saturated rings. The average molecular weight is 305 g/mol. The second kappa shape index (κ2) is 6.92. The normalized spacial score (nSPS) is 10.5. The largest absolute Gasteiger partial charge is 0.348 e. The Balaban J connectivity index is 1.61. The molecule has 1 N–H and O–H groups in total. The fraction of sp³-hybridized carbons (Fsp3) is 0.158. The van der Waals surface area contributed by atoms with Gasteiger partial charge in [-0.1, -0.05) is 54.6 Å². The van der Waals surface area contributed by atoms with Crippen LogP contribution < -0.4 is 5.32 Å². The molecule has 1 heterocycles.